The summed E-state index contributed by atoms with van der Waals surface area (Å²) in [5.74, 6) is 0.423. The molecule has 0 aromatic heterocycles. The van der Waals surface area contributed by atoms with Crippen molar-refractivity contribution in [3.63, 3.8) is 0 Å². The van der Waals surface area contributed by atoms with E-state index in [1.165, 1.54) is 0 Å². The van der Waals surface area contributed by atoms with Gasteiger partial charge in [-0.25, -0.2) is 0 Å². The van der Waals surface area contributed by atoms with E-state index in [4.69, 9.17) is 9.84 Å². The first-order valence-electron chi connectivity index (χ1n) is 7.07. The highest BCUT2D eigenvalue weighted by Crippen LogP contribution is 2.24. The lowest BCUT2D eigenvalue weighted by molar-refractivity contribution is -0.148. The van der Waals surface area contributed by atoms with Crippen molar-refractivity contribution in [3.05, 3.63) is 28.2 Å². The Morgan fingerprint density at radius 2 is 2.10 bits per heavy atom. The Kier molecular flexibility index (Phi) is 6.68. The van der Waals surface area contributed by atoms with E-state index in [1.807, 2.05) is 18.2 Å². The van der Waals surface area contributed by atoms with Crippen molar-refractivity contribution >= 4 is 21.9 Å². The van der Waals surface area contributed by atoms with Crippen molar-refractivity contribution in [3.8, 4) is 5.75 Å². The van der Waals surface area contributed by atoms with Gasteiger partial charge in [0.15, 0.2) is 0 Å². The van der Waals surface area contributed by atoms with Crippen LogP contribution in [0.25, 0.3) is 0 Å². The molecule has 0 aliphatic rings. The minimum absolute atomic E-state index is 0.142. The summed E-state index contributed by atoms with van der Waals surface area (Å²) >= 11 is 3.52. The zero-order valence-corrected chi connectivity index (χ0v) is 14.7. The number of ether oxygens (including phenoxy) is 1. The van der Waals surface area contributed by atoms with E-state index in [9.17, 15) is 4.79 Å². The predicted octanol–water partition coefficient (Wildman–Crippen LogP) is 3.68. The van der Waals surface area contributed by atoms with E-state index in [1.54, 1.807) is 13.8 Å². The SMILES string of the molecule is CC(C)CNCc1cc(OCC(C)(C)C(=O)O)ccc1Br. The maximum absolute atomic E-state index is 11.1. The maximum atomic E-state index is 11.1. The first-order chi connectivity index (χ1) is 9.72. The molecule has 0 atom stereocenters. The number of hydrogen-bond donors (Lipinski definition) is 2. The van der Waals surface area contributed by atoms with Gasteiger partial charge in [-0.3, -0.25) is 4.79 Å². The zero-order valence-electron chi connectivity index (χ0n) is 13.1. The fourth-order valence-electron chi connectivity index (χ4n) is 1.60. The Bertz CT molecular complexity index is 486. The van der Waals surface area contributed by atoms with Crippen molar-refractivity contribution in [2.24, 2.45) is 11.3 Å². The lowest BCUT2D eigenvalue weighted by atomic mass is 9.95. The van der Waals surface area contributed by atoms with E-state index in [0.29, 0.717) is 11.7 Å². The van der Waals surface area contributed by atoms with Gasteiger partial charge in [0, 0.05) is 11.0 Å². The van der Waals surface area contributed by atoms with Crippen LogP contribution in [-0.2, 0) is 11.3 Å². The summed E-state index contributed by atoms with van der Waals surface area (Å²) in [6.07, 6.45) is 0. The normalized spacial score (nSPS) is 11.7. The smallest absolute Gasteiger partial charge is 0.312 e. The number of aliphatic carboxylic acids is 1. The molecule has 0 aliphatic heterocycles. The summed E-state index contributed by atoms with van der Waals surface area (Å²) in [6.45, 7) is 9.47. The molecule has 0 heterocycles. The van der Waals surface area contributed by atoms with E-state index in [-0.39, 0.29) is 6.61 Å². The molecular formula is C16H24BrNO3. The first-order valence-corrected chi connectivity index (χ1v) is 7.87. The summed E-state index contributed by atoms with van der Waals surface area (Å²) in [5, 5.41) is 12.5. The molecule has 0 bridgehead atoms. The molecule has 2 N–H and O–H groups in total. The third kappa shape index (κ3) is 6.06. The average Bonchev–Trinajstić information content (AvgIpc) is 2.38. The summed E-state index contributed by atoms with van der Waals surface area (Å²) in [5.41, 5.74) is 0.199. The average molecular weight is 358 g/mol. The lowest BCUT2D eigenvalue weighted by Gasteiger charge is -2.20. The van der Waals surface area contributed by atoms with Crippen LogP contribution in [0, 0.1) is 11.3 Å². The van der Waals surface area contributed by atoms with Crippen LogP contribution in [0.1, 0.15) is 33.3 Å². The maximum Gasteiger partial charge on any atom is 0.312 e. The number of benzene rings is 1. The molecule has 0 unspecified atom stereocenters. The Labute approximate surface area is 135 Å². The van der Waals surface area contributed by atoms with Gasteiger partial charge in [0.05, 0.1) is 5.41 Å². The van der Waals surface area contributed by atoms with E-state index in [2.05, 4.69) is 35.1 Å². The van der Waals surface area contributed by atoms with Gasteiger partial charge in [-0.15, -0.1) is 0 Å². The highest BCUT2D eigenvalue weighted by molar-refractivity contribution is 9.10. The molecule has 1 rings (SSSR count). The Balaban J connectivity index is 2.66. The van der Waals surface area contributed by atoms with Crippen LogP contribution < -0.4 is 10.1 Å². The minimum atomic E-state index is -0.900. The fraction of sp³-hybridized carbons (Fsp3) is 0.562. The Morgan fingerprint density at radius 1 is 1.43 bits per heavy atom. The van der Waals surface area contributed by atoms with E-state index >= 15 is 0 Å². The van der Waals surface area contributed by atoms with Crippen LogP contribution in [0.5, 0.6) is 5.75 Å². The van der Waals surface area contributed by atoms with Crippen LogP contribution in [0.3, 0.4) is 0 Å². The molecule has 0 amide bonds. The standard InChI is InChI=1S/C16H24BrNO3/c1-11(2)8-18-9-12-7-13(5-6-14(12)17)21-10-16(3,4)15(19)20/h5-7,11,18H,8-10H2,1-4H3,(H,19,20). The van der Waals surface area contributed by atoms with Gasteiger partial charge in [0.1, 0.15) is 12.4 Å². The van der Waals surface area contributed by atoms with Gasteiger partial charge in [-0.1, -0.05) is 29.8 Å². The van der Waals surface area contributed by atoms with Crippen molar-refractivity contribution in [1.82, 2.24) is 5.32 Å². The molecule has 118 valence electrons. The second-order valence-corrected chi connectivity index (χ2v) is 7.11. The Hall–Kier alpha value is -1.07. The minimum Gasteiger partial charge on any atom is -0.492 e. The van der Waals surface area contributed by atoms with Crippen molar-refractivity contribution in [2.45, 2.75) is 34.2 Å². The zero-order chi connectivity index (χ0) is 16.0. The van der Waals surface area contributed by atoms with Gasteiger partial charge in [-0.2, -0.15) is 0 Å². The van der Waals surface area contributed by atoms with Crippen LogP contribution in [0.15, 0.2) is 22.7 Å². The molecule has 0 fully saturated rings. The first kappa shape index (κ1) is 18.0. The fourth-order valence-corrected chi connectivity index (χ4v) is 1.98. The molecule has 0 saturated carbocycles. The molecule has 0 saturated heterocycles. The molecule has 0 aliphatic carbocycles. The lowest BCUT2D eigenvalue weighted by Crippen LogP contribution is -2.30. The van der Waals surface area contributed by atoms with Crippen molar-refractivity contribution in [2.75, 3.05) is 13.2 Å². The highest BCUT2D eigenvalue weighted by atomic mass is 79.9. The summed E-state index contributed by atoms with van der Waals surface area (Å²) < 4.78 is 6.64. The van der Waals surface area contributed by atoms with Crippen LogP contribution in [0.4, 0.5) is 0 Å². The third-order valence-corrected chi connectivity index (χ3v) is 3.84. The quantitative estimate of drug-likeness (QED) is 0.744. The molecule has 4 nitrogen and oxygen atoms in total. The summed E-state index contributed by atoms with van der Waals surface area (Å²) in [4.78, 5) is 11.1. The number of carboxylic acid groups (broad SMARTS) is 1. The highest BCUT2D eigenvalue weighted by Gasteiger charge is 2.28. The molecule has 1 aromatic rings. The summed E-state index contributed by atoms with van der Waals surface area (Å²) in [7, 11) is 0. The van der Waals surface area contributed by atoms with Gasteiger partial charge in [0.25, 0.3) is 0 Å². The van der Waals surface area contributed by atoms with Crippen LogP contribution >= 0.6 is 15.9 Å². The molecular weight excluding hydrogens is 334 g/mol. The van der Waals surface area contributed by atoms with E-state index in [0.717, 1.165) is 23.1 Å². The van der Waals surface area contributed by atoms with E-state index < -0.39 is 11.4 Å². The monoisotopic (exact) mass is 357 g/mol. The van der Waals surface area contributed by atoms with Crippen LogP contribution in [-0.4, -0.2) is 24.2 Å². The topological polar surface area (TPSA) is 58.6 Å². The number of carboxylic acids is 1. The number of nitrogens with one attached hydrogen (secondary N) is 1. The third-order valence-electron chi connectivity index (χ3n) is 3.06. The molecule has 21 heavy (non-hydrogen) atoms. The molecule has 5 heteroatoms. The molecule has 0 radical (unpaired) electrons. The number of rotatable bonds is 8. The number of carbonyl (C=O) groups is 1. The number of hydrogen-bond acceptors (Lipinski definition) is 3. The predicted molar refractivity (Wildman–Crippen MR) is 87.6 cm³/mol. The number of halogens is 1. The second kappa shape index (κ2) is 7.80. The van der Waals surface area contributed by atoms with Crippen molar-refractivity contribution in [1.29, 1.82) is 0 Å². The van der Waals surface area contributed by atoms with Crippen LogP contribution in [0.2, 0.25) is 0 Å². The van der Waals surface area contributed by atoms with Gasteiger partial charge in [-0.05, 0) is 50.1 Å². The van der Waals surface area contributed by atoms with Gasteiger partial charge in [0.2, 0.25) is 0 Å². The second-order valence-electron chi connectivity index (χ2n) is 6.26. The molecule has 1 aromatic carbocycles. The van der Waals surface area contributed by atoms with Gasteiger partial charge < -0.3 is 15.2 Å². The largest absolute Gasteiger partial charge is 0.492 e. The molecule has 0 spiro atoms. The van der Waals surface area contributed by atoms with Gasteiger partial charge >= 0.3 is 5.97 Å². The Morgan fingerprint density at radius 3 is 2.67 bits per heavy atom. The summed E-state index contributed by atoms with van der Waals surface area (Å²) in [6, 6.07) is 5.71. The van der Waals surface area contributed by atoms with Crippen molar-refractivity contribution < 1.29 is 14.6 Å².